The van der Waals surface area contributed by atoms with Crippen molar-refractivity contribution in [3.63, 3.8) is 0 Å². The van der Waals surface area contributed by atoms with Gasteiger partial charge in [-0.1, -0.05) is 6.92 Å². The third kappa shape index (κ3) is 2.19. The van der Waals surface area contributed by atoms with Gasteiger partial charge in [0.2, 0.25) is 0 Å². The van der Waals surface area contributed by atoms with Gasteiger partial charge in [0.1, 0.15) is 0 Å². The highest BCUT2D eigenvalue weighted by atomic mass is 16.3. The smallest absolute Gasteiger partial charge is 0.0991 e. The molecule has 0 unspecified atom stereocenters. The largest absolute Gasteiger partial charge is 0.395 e. The van der Waals surface area contributed by atoms with Crippen LogP contribution in [0, 0.1) is 0 Å². The molecule has 0 spiro atoms. The van der Waals surface area contributed by atoms with E-state index in [0.29, 0.717) is 0 Å². The molecule has 0 bridgehead atoms. The van der Waals surface area contributed by atoms with Crippen LogP contribution in [0.4, 0.5) is 0 Å². The molecule has 1 N–H and O–H groups in total. The predicted octanol–water partition coefficient (Wildman–Crippen LogP) is 0.493. The zero-order valence-corrected chi connectivity index (χ0v) is 7.08. The molecule has 1 heterocycles. The molecule has 0 amide bonds. The van der Waals surface area contributed by atoms with Crippen LogP contribution in [0.2, 0.25) is 0 Å². The SMILES string of the molecule is CCCC1=NCCN1CCO. The molecule has 0 aliphatic carbocycles. The van der Waals surface area contributed by atoms with Gasteiger partial charge in [0, 0.05) is 19.5 Å². The minimum Gasteiger partial charge on any atom is -0.395 e. The minimum absolute atomic E-state index is 0.239. The van der Waals surface area contributed by atoms with E-state index in [-0.39, 0.29) is 6.61 Å². The maximum atomic E-state index is 8.72. The van der Waals surface area contributed by atoms with Crippen LogP contribution in [0.5, 0.6) is 0 Å². The number of amidine groups is 1. The Morgan fingerprint density at radius 3 is 3.09 bits per heavy atom. The molecule has 0 fully saturated rings. The lowest BCUT2D eigenvalue weighted by molar-refractivity contribution is 0.255. The third-order valence-corrected chi connectivity index (χ3v) is 1.87. The predicted molar refractivity (Wildman–Crippen MR) is 45.9 cm³/mol. The lowest BCUT2D eigenvalue weighted by atomic mass is 10.3. The Morgan fingerprint density at radius 1 is 1.64 bits per heavy atom. The lowest BCUT2D eigenvalue weighted by Crippen LogP contribution is -2.30. The van der Waals surface area contributed by atoms with E-state index in [9.17, 15) is 0 Å². The first-order valence-corrected chi connectivity index (χ1v) is 4.27. The molecule has 0 radical (unpaired) electrons. The third-order valence-electron chi connectivity index (χ3n) is 1.87. The number of aliphatic imine (C=N–C) groups is 1. The van der Waals surface area contributed by atoms with E-state index in [4.69, 9.17) is 5.11 Å². The van der Waals surface area contributed by atoms with Crippen molar-refractivity contribution < 1.29 is 5.11 Å². The van der Waals surface area contributed by atoms with Crippen molar-refractivity contribution in [3.05, 3.63) is 0 Å². The quantitative estimate of drug-likeness (QED) is 0.643. The Bertz CT molecular complexity index is 145. The van der Waals surface area contributed by atoms with Gasteiger partial charge in [-0.2, -0.15) is 0 Å². The van der Waals surface area contributed by atoms with E-state index in [1.54, 1.807) is 0 Å². The maximum Gasteiger partial charge on any atom is 0.0991 e. The summed E-state index contributed by atoms with van der Waals surface area (Å²) in [5.74, 6) is 1.18. The van der Waals surface area contributed by atoms with Crippen LogP contribution in [0.3, 0.4) is 0 Å². The summed E-state index contributed by atoms with van der Waals surface area (Å²) in [7, 11) is 0. The van der Waals surface area contributed by atoms with E-state index in [1.165, 1.54) is 5.84 Å². The first-order chi connectivity index (χ1) is 5.38. The van der Waals surface area contributed by atoms with Gasteiger partial charge in [-0.15, -0.1) is 0 Å². The van der Waals surface area contributed by atoms with Gasteiger partial charge >= 0.3 is 0 Å². The summed E-state index contributed by atoms with van der Waals surface area (Å²) in [6.45, 7) is 5.05. The second-order valence-corrected chi connectivity index (χ2v) is 2.76. The summed E-state index contributed by atoms with van der Waals surface area (Å²) < 4.78 is 0. The van der Waals surface area contributed by atoms with Crippen molar-refractivity contribution in [1.82, 2.24) is 4.90 Å². The van der Waals surface area contributed by atoms with E-state index in [1.807, 2.05) is 0 Å². The maximum absolute atomic E-state index is 8.72. The number of hydrogen-bond acceptors (Lipinski definition) is 3. The Labute approximate surface area is 67.7 Å². The Morgan fingerprint density at radius 2 is 2.45 bits per heavy atom. The highest BCUT2D eigenvalue weighted by Gasteiger charge is 2.13. The summed E-state index contributed by atoms with van der Waals surface area (Å²) in [4.78, 5) is 6.53. The number of aliphatic hydroxyl groups is 1. The van der Waals surface area contributed by atoms with Crippen LogP contribution < -0.4 is 0 Å². The van der Waals surface area contributed by atoms with Crippen molar-refractivity contribution in [1.29, 1.82) is 0 Å². The average Bonchev–Trinajstić information content (AvgIpc) is 2.39. The standard InChI is InChI=1S/C8H16N2O/c1-2-3-8-9-4-5-10(8)6-7-11/h11H,2-7H2,1H3. The first-order valence-electron chi connectivity index (χ1n) is 4.27. The number of aliphatic hydroxyl groups excluding tert-OH is 1. The Balaban J connectivity index is 2.35. The monoisotopic (exact) mass is 156 g/mol. The molecule has 1 rings (SSSR count). The fourth-order valence-corrected chi connectivity index (χ4v) is 1.35. The Hall–Kier alpha value is -0.570. The molecule has 0 aromatic rings. The Kier molecular flexibility index (Phi) is 3.36. The van der Waals surface area contributed by atoms with Gasteiger partial charge in [0.15, 0.2) is 0 Å². The highest BCUT2D eigenvalue weighted by Crippen LogP contribution is 2.05. The zero-order chi connectivity index (χ0) is 8.10. The molecule has 3 heteroatoms. The van der Waals surface area contributed by atoms with Crippen LogP contribution in [0.25, 0.3) is 0 Å². The molecule has 0 aromatic carbocycles. The van der Waals surface area contributed by atoms with Gasteiger partial charge in [-0.05, 0) is 6.42 Å². The van der Waals surface area contributed by atoms with Crippen molar-refractivity contribution >= 4 is 5.84 Å². The van der Waals surface area contributed by atoms with Crippen molar-refractivity contribution in [3.8, 4) is 0 Å². The van der Waals surface area contributed by atoms with Crippen LogP contribution >= 0.6 is 0 Å². The lowest BCUT2D eigenvalue weighted by Gasteiger charge is -2.18. The normalized spacial score (nSPS) is 17.3. The molecule has 64 valence electrons. The topological polar surface area (TPSA) is 35.8 Å². The van der Waals surface area contributed by atoms with E-state index >= 15 is 0 Å². The molecule has 1 aliphatic rings. The summed E-state index contributed by atoms with van der Waals surface area (Å²) >= 11 is 0. The molecule has 11 heavy (non-hydrogen) atoms. The first kappa shape index (κ1) is 8.53. The number of hydrogen-bond donors (Lipinski definition) is 1. The van der Waals surface area contributed by atoms with Crippen molar-refractivity contribution in [2.75, 3.05) is 26.2 Å². The average molecular weight is 156 g/mol. The van der Waals surface area contributed by atoms with E-state index in [0.717, 1.165) is 32.5 Å². The molecular weight excluding hydrogens is 140 g/mol. The van der Waals surface area contributed by atoms with Gasteiger partial charge in [-0.25, -0.2) is 0 Å². The van der Waals surface area contributed by atoms with Crippen LogP contribution in [-0.2, 0) is 0 Å². The van der Waals surface area contributed by atoms with Gasteiger partial charge in [0.25, 0.3) is 0 Å². The summed E-state index contributed by atoms with van der Waals surface area (Å²) in [6, 6.07) is 0. The van der Waals surface area contributed by atoms with E-state index < -0.39 is 0 Å². The van der Waals surface area contributed by atoms with E-state index in [2.05, 4.69) is 16.8 Å². The fourth-order valence-electron chi connectivity index (χ4n) is 1.35. The highest BCUT2D eigenvalue weighted by molar-refractivity contribution is 5.83. The summed E-state index contributed by atoms with van der Waals surface area (Å²) in [6.07, 6.45) is 2.20. The van der Waals surface area contributed by atoms with Crippen molar-refractivity contribution in [2.24, 2.45) is 4.99 Å². The molecule has 0 atom stereocenters. The molecule has 1 aliphatic heterocycles. The zero-order valence-electron chi connectivity index (χ0n) is 7.08. The summed E-state index contributed by atoms with van der Waals surface area (Å²) in [5, 5.41) is 8.72. The number of nitrogens with zero attached hydrogens (tertiary/aromatic N) is 2. The van der Waals surface area contributed by atoms with Crippen LogP contribution in [-0.4, -0.2) is 42.1 Å². The van der Waals surface area contributed by atoms with Gasteiger partial charge in [0.05, 0.1) is 19.0 Å². The van der Waals surface area contributed by atoms with Crippen LogP contribution in [0.15, 0.2) is 4.99 Å². The molecule has 0 saturated carbocycles. The second-order valence-electron chi connectivity index (χ2n) is 2.76. The minimum atomic E-state index is 0.239. The van der Waals surface area contributed by atoms with Crippen LogP contribution in [0.1, 0.15) is 19.8 Å². The van der Waals surface area contributed by atoms with Gasteiger partial charge < -0.3 is 10.0 Å². The van der Waals surface area contributed by atoms with Crippen molar-refractivity contribution in [2.45, 2.75) is 19.8 Å². The summed E-state index contributed by atoms with van der Waals surface area (Å²) in [5.41, 5.74) is 0. The molecular formula is C8H16N2O. The second kappa shape index (κ2) is 4.34. The molecule has 0 aromatic heterocycles. The fraction of sp³-hybridized carbons (Fsp3) is 0.875. The molecule has 3 nitrogen and oxygen atoms in total. The molecule has 0 saturated heterocycles. The van der Waals surface area contributed by atoms with Gasteiger partial charge in [-0.3, -0.25) is 4.99 Å². The number of β-amino-alcohol motifs (C(OH)–C–C–N with tert-alkyl or cyclic N) is 1. The number of rotatable bonds is 4.